The summed E-state index contributed by atoms with van der Waals surface area (Å²) >= 11 is 1.11. The van der Waals surface area contributed by atoms with E-state index in [4.69, 9.17) is 14.9 Å². The Morgan fingerprint density at radius 1 is 1.07 bits per heavy atom. The van der Waals surface area contributed by atoms with Crippen molar-refractivity contribution in [1.82, 2.24) is 10.2 Å². The van der Waals surface area contributed by atoms with Crippen LogP contribution in [0, 0.1) is 5.92 Å². The Kier molecular flexibility index (Phi) is 20.9. The molecule has 0 aromatic heterocycles. The number of amides is 2. The maximum Gasteiger partial charge on any atom is 0.433 e. The van der Waals surface area contributed by atoms with Crippen molar-refractivity contribution in [3.05, 3.63) is 71.3 Å². The number of carbonyl (C=O) groups is 4. The van der Waals surface area contributed by atoms with Crippen LogP contribution in [0.4, 0.5) is 4.79 Å². The first-order valence-electron chi connectivity index (χ1n) is 14.0. The predicted molar refractivity (Wildman–Crippen MR) is 175 cm³/mol. The lowest BCUT2D eigenvalue weighted by molar-refractivity contribution is -0.131. The molecule has 0 saturated heterocycles. The summed E-state index contributed by atoms with van der Waals surface area (Å²) in [6.07, 6.45) is 9.60. The second-order valence-electron chi connectivity index (χ2n) is 9.46. The van der Waals surface area contributed by atoms with E-state index in [-0.39, 0.29) is 11.0 Å². The molecule has 242 valence electrons. The number of benzene rings is 2. The smallest absolute Gasteiger partial charge is 0.433 e. The summed E-state index contributed by atoms with van der Waals surface area (Å²) < 4.78 is 5.29. The Bertz CT molecular complexity index is 1230. The van der Waals surface area contributed by atoms with Gasteiger partial charge in [-0.1, -0.05) is 69.0 Å². The number of aliphatic carboxylic acids is 1. The minimum atomic E-state index is -0.921. The van der Waals surface area contributed by atoms with Gasteiger partial charge in [0.2, 0.25) is 5.04 Å². The first kappa shape index (κ1) is 39.7. The van der Waals surface area contributed by atoms with E-state index in [1.807, 2.05) is 18.2 Å². The van der Waals surface area contributed by atoms with E-state index in [1.165, 1.54) is 37.3 Å². The Morgan fingerprint density at radius 3 is 2.18 bits per heavy atom. The lowest BCUT2D eigenvalue weighted by Crippen LogP contribution is -2.28. The third kappa shape index (κ3) is 17.0. The van der Waals surface area contributed by atoms with Crippen LogP contribution in [0.25, 0.3) is 6.08 Å². The summed E-state index contributed by atoms with van der Waals surface area (Å²) in [6, 6.07) is 14.1. The normalized spacial score (nSPS) is 11.2. The van der Waals surface area contributed by atoms with Crippen molar-refractivity contribution in [3.8, 4) is 5.75 Å². The number of nitrogens with one attached hydrogen (secondary N) is 1. The van der Waals surface area contributed by atoms with E-state index >= 15 is 0 Å². The average molecular weight is 632 g/mol. The summed E-state index contributed by atoms with van der Waals surface area (Å²) in [7, 11) is 6.24. The van der Waals surface area contributed by atoms with Gasteiger partial charge in [-0.3, -0.25) is 9.63 Å². The molecular weight excluding hydrogens is 586 g/mol. The SMILES string of the molecule is CCCCC(CC)Cc1cc(OC)ccc1C=CC(=O)O.CNC(=O)ON=C(SC)C(=O)N(C)C.O=C(O)c1ccccc1. The summed E-state index contributed by atoms with van der Waals surface area (Å²) in [5, 5.41) is 22.9. The number of nitrogens with zero attached hydrogens (tertiary/aromatic N) is 2. The standard InChI is InChI=1S/C18H26O3.C7H13N3O3S.C7H6O2/c1-4-6-7-14(5-2)12-16-13-17(21-3)10-8-15(16)9-11-18(19)20;1-8-7(12)13-9-5(14-4)6(11)10(2)3;8-7(9)6-4-2-1-3-5-6/h8-11,13-14H,4-7,12H2,1-3H3,(H,19,20);1-4H3,(H,8,12);1-5H,(H,8,9). The highest BCUT2D eigenvalue weighted by atomic mass is 32.2. The van der Waals surface area contributed by atoms with Gasteiger partial charge in [-0.2, -0.15) is 0 Å². The molecular formula is C32H45N3O8S. The number of hydrogen-bond donors (Lipinski definition) is 3. The van der Waals surface area contributed by atoms with Crippen molar-refractivity contribution < 1.29 is 39.0 Å². The number of carboxylic acid groups (broad SMARTS) is 2. The van der Waals surface area contributed by atoms with Crippen LogP contribution >= 0.6 is 11.8 Å². The van der Waals surface area contributed by atoms with Gasteiger partial charge in [0.1, 0.15) is 5.75 Å². The number of aromatic carboxylic acids is 1. The zero-order valence-electron chi connectivity index (χ0n) is 26.5. The number of methoxy groups -OCH3 is 1. The summed E-state index contributed by atoms with van der Waals surface area (Å²) in [6.45, 7) is 4.42. The molecule has 0 heterocycles. The fourth-order valence-electron chi connectivity index (χ4n) is 3.53. The molecule has 2 aromatic carbocycles. The molecule has 0 aliphatic rings. The van der Waals surface area contributed by atoms with Crippen LogP contribution in [0.1, 0.15) is 61.0 Å². The lowest BCUT2D eigenvalue weighted by atomic mass is 9.89. The zero-order valence-corrected chi connectivity index (χ0v) is 27.3. The molecule has 1 atom stereocenters. The molecule has 0 aliphatic heterocycles. The van der Waals surface area contributed by atoms with E-state index < -0.39 is 18.0 Å². The van der Waals surface area contributed by atoms with Gasteiger partial charge in [0.25, 0.3) is 5.91 Å². The molecule has 2 rings (SSSR count). The number of carboxylic acids is 2. The molecule has 0 bridgehead atoms. The molecule has 0 fully saturated rings. The zero-order chi connectivity index (χ0) is 33.5. The van der Waals surface area contributed by atoms with E-state index in [9.17, 15) is 19.2 Å². The van der Waals surface area contributed by atoms with Crippen LogP contribution in [0.2, 0.25) is 0 Å². The molecule has 44 heavy (non-hydrogen) atoms. The van der Waals surface area contributed by atoms with Gasteiger partial charge in [0, 0.05) is 27.2 Å². The van der Waals surface area contributed by atoms with E-state index in [1.54, 1.807) is 63.9 Å². The number of rotatable bonds is 11. The molecule has 0 radical (unpaired) electrons. The van der Waals surface area contributed by atoms with Crippen LogP contribution in [-0.2, 0) is 20.8 Å². The Morgan fingerprint density at radius 2 is 1.73 bits per heavy atom. The fourth-order valence-corrected chi connectivity index (χ4v) is 4.00. The van der Waals surface area contributed by atoms with Gasteiger partial charge in [-0.05, 0) is 60.1 Å². The topological polar surface area (TPSA) is 155 Å². The van der Waals surface area contributed by atoms with Crippen molar-refractivity contribution in [3.63, 3.8) is 0 Å². The minimum Gasteiger partial charge on any atom is -0.497 e. The average Bonchev–Trinajstić information content (AvgIpc) is 3.03. The number of ether oxygens (including phenoxy) is 1. The van der Waals surface area contributed by atoms with Gasteiger partial charge in [-0.25, -0.2) is 14.4 Å². The van der Waals surface area contributed by atoms with E-state index in [0.29, 0.717) is 11.5 Å². The molecule has 12 heteroatoms. The summed E-state index contributed by atoms with van der Waals surface area (Å²) in [5.74, 6) is -0.649. The number of thioether (sulfide) groups is 1. The van der Waals surface area contributed by atoms with Crippen molar-refractivity contribution >= 4 is 46.8 Å². The van der Waals surface area contributed by atoms with Crippen LogP contribution in [-0.4, -0.2) is 78.6 Å². The summed E-state index contributed by atoms with van der Waals surface area (Å²) in [4.78, 5) is 48.6. The highest BCUT2D eigenvalue weighted by Crippen LogP contribution is 2.25. The maximum atomic E-state index is 11.3. The van der Waals surface area contributed by atoms with Gasteiger partial charge < -0.3 is 25.2 Å². The van der Waals surface area contributed by atoms with Gasteiger partial charge >= 0.3 is 18.0 Å². The second kappa shape index (κ2) is 23.2. The van der Waals surface area contributed by atoms with Crippen molar-refractivity contribution in [1.29, 1.82) is 0 Å². The molecule has 0 spiro atoms. The molecule has 3 N–H and O–H groups in total. The van der Waals surface area contributed by atoms with Crippen molar-refractivity contribution in [2.75, 3.05) is 34.5 Å². The predicted octanol–water partition coefficient (Wildman–Crippen LogP) is 6.04. The van der Waals surface area contributed by atoms with Gasteiger partial charge in [0.15, 0.2) is 0 Å². The Labute approximate surface area is 264 Å². The largest absolute Gasteiger partial charge is 0.497 e. The number of hydrogen-bond acceptors (Lipinski definition) is 8. The fraction of sp³-hybridized carbons (Fsp3) is 0.406. The molecule has 0 aliphatic carbocycles. The van der Waals surface area contributed by atoms with Crippen LogP contribution < -0.4 is 10.1 Å². The van der Waals surface area contributed by atoms with E-state index in [2.05, 4.69) is 29.2 Å². The number of unbranched alkanes of at least 4 members (excludes halogenated alkanes) is 1. The van der Waals surface area contributed by atoms with Gasteiger partial charge in [0.05, 0.1) is 12.7 Å². The monoisotopic (exact) mass is 631 g/mol. The molecule has 2 aromatic rings. The second-order valence-corrected chi connectivity index (χ2v) is 10.3. The lowest BCUT2D eigenvalue weighted by Gasteiger charge is -2.17. The number of oxime groups is 1. The van der Waals surface area contributed by atoms with Crippen LogP contribution in [0.3, 0.4) is 0 Å². The maximum absolute atomic E-state index is 11.3. The third-order valence-corrected chi connectivity index (χ3v) is 6.66. The van der Waals surface area contributed by atoms with Crippen LogP contribution in [0.15, 0.2) is 59.8 Å². The van der Waals surface area contributed by atoms with Crippen molar-refractivity contribution in [2.45, 2.75) is 46.0 Å². The minimum absolute atomic E-state index is 0.124. The Balaban J connectivity index is 0.000000690. The molecule has 11 nitrogen and oxygen atoms in total. The Hall–Kier alpha value is -4.32. The first-order valence-corrected chi connectivity index (χ1v) is 15.2. The molecule has 0 saturated carbocycles. The van der Waals surface area contributed by atoms with Gasteiger partial charge in [-0.15, -0.1) is 11.8 Å². The number of carbonyl (C=O) groups excluding carboxylic acids is 2. The molecule has 1 unspecified atom stereocenters. The quantitative estimate of drug-likeness (QED) is 0.0884. The highest BCUT2D eigenvalue weighted by molar-refractivity contribution is 8.15. The van der Waals surface area contributed by atoms with Crippen LogP contribution in [0.5, 0.6) is 5.75 Å². The third-order valence-electron chi connectivity index (χ3n) is 6.03. The highest BCUT2D eigenvalue weighted by Gasteiger charge is 2.14. The van der Waals surface area contributed by atoms with Crippen molar-refractivity contribution in [2.24, 2.45) is 11.1 Å². The summed E-state index contributed by atoms with van der Waals surface area (Å²) in [5.41, 5.74) is 2.46. The molecule has 2 amide bonds. The van der Waals surface area contributed by atoms with E-state index in [0.717, 1.165) is 41.5 Å². The first-order chi connectivity index (χ1) is 20.9.